The molecule has 76 heavy (non-hydrogen) atoms. The molecule has 2 fully saturated rings. The molecule has 17 atom stereocenters. The van der Waals surface area contributed by atoms with Crippen molar-refractivity contribution in [2.75, 3.05) is 64.7 Å². The first-order chi connectivity index (χ1) is 36.6. The van der Waals surface area contributed by atoms with Gasteiger partial charge in [0.25, 0.3) is 0 Å². The van der Waals surface area contributed by atoms with Gasteiger partial charge in [0.2, 0.25) is 12.1 Å². The van der Waals surface area contributed by atoms with Gasteiger partial charge in [0, 0.05) is 60.0 Å². The van der Waals surface area contributed by atoms with Crippen LogP contribution in [-0.4, -0.2) is 212 Å². The van der Waals surface area contributed by atoms with E-state index < -0.39 is 97.6 Å². The number of carbonyl (C=O) groups excluding carboxylic acids is 1. The Kier molecular flexibility index (Phi) is 20.5. The second-order valence-electron chi connectivity index (χ2n) is 20.2. The van der Waals surface area contributed by atoms with Gasteiger partial charge in [-0.25, -0.2) is 9.59 Å². The maximum Gasteiger partial charge on any atom is 0.343 e. The van der Waals surface area contributed by atoms with E-state index in [4.69, 9.17) is 40.1 Å². The van der Waals surface area contributed by atoms with Crippen LogP contribution < -0.4 is 32.3 Å². The minimum absolute atomic E-state index is 0.0284. The Balaban J connectivity index is 1.40. The van der Waals surface area contributed by atoms with Crippen LogP contribution in [0.4, 0.5) is 0 Å². The molecule has 0 radical (unpaired) electrons. The minimum Gasteiger partial charge on any atom is -0.477 e. The highest BCUT2D eigenvalue weighted by Crippen LogP contribution is 2.52. The Labute approximate surface area is 456 Å². The maximum absolute atomic E-state index is 15.3. The molecule has 17 unspecified atom stereocenters. The average Bonchev–Trinajstić information content (AvgIpc) is 3.80. The molecule has 0 aromatic carbocycles. The standard InChI is InChI=1S/C48H72N8O16S4/c1-51-36(21-61)71-40-43(70-34(20-60)39(62)48(40,66)67)72-44-47-9-2-13-73-75-35(15-27-14-26(8-10-47)53-46(50)54-27)38-32(19-59)56-16-24(37(28(17-56)41(63)64)55-45(49)52-11-3-12-57)4-6-31(47)29(22-68-44)42(65)69-33-7-5-25(18-58)30(33)23-74-76-38/h2,4,6,9,17,22,25-27,30-36,38-40,43-44,51,57-62,66-67H,3,5,7-8,10-16,18-21,23H2,1H3,(H,63,64)(H3,49,52,55)(H3,50,53,54)/p+1. The van der Waals surface area contributed by atoms with Crippen molar-refractivity contribution in [1.82, 2.24) is 16.0 Å². The molecule has 0 aromatic rings. The smallest absolute Gasteiger partial charge is 0.343 e. The number of carbonyl (C=O) groups is 2. The van der Waals surface area contributed by atoms with Crippen molar-refractivity contribution in [2.45, 2.75) is 123 Å². The summed E-state index contributed by atoms with van der Waals surface area (Å²) in [6.45, 7) is -1.95. The van der Waals surface area contributed by atoms with Crippen molar-refractivity contribution in [2.24, 2.45) is 44.6 Å². The highest BCUT2D eigenvalue weighted by Gasteiger charge is 2.60. The number of fused-ring (bicyclic) bond motifs is 9. The molecule has 424 valence electrons. The van der Waals surface area contributed by atoms with Crippen LogP contribution in [0.25, 0.3) is 0 Å². The van der Waals surface area contributed by atoms with Crippen LogP contribution in [0, 0.1) is 23.2 Å². The number of likely N-dealkylation sites (N-methyl/N-ethyl adjacent to an activating group) is 1. The maximum atomic E-state index is 15.3. The van der Waals surface area contributed by atoms with E-state index in [1.54, 1.807) is 61.5 Å². The zero-order chi connectivity index (χ0) is 54.3. The number of hydrogen-bond acceptors (Lipinski definition) is 24. The first kappa shape index (κ1) is 59.0. The molecule has 8 bridgehead atoms. The first-order valence-corrected chi connectivity index (χ1v) is 30.4. The second kappa shape index (κ2) is 26.4. The molecule has 1 spiro atoms. The van der Waals surface area contributed by atoms with Crippen LogP contribution in [0.3, 0.4) is 0 Å². The van der Waals surface area contributed by atoms with Crippen LogP contribution in [-0.2, 0) is 33.3 Å². The molecule has 0 amide bonds. The normalized spacial score (nSPS) is 38.3. The van der Waals surface area contributed by atoms with E-state index in [0.717, 1.165) is 0 Å². The van der Waals surface area contributed by atoms with Crippen molar-refractivity contribution in [3.8, 4) is 0 Å². The number of carboxylic acid groups (broad SMARTS) is 1. The van der Waals surface area contributed by atoms with Crippen molar-refractivity contribution in [3.63, 3.8) is 0 Å². The first-order valence-electron chi connectivity index (χ1n) is 25.6. The lowest BCUT2D eigenvalue weighted by Gasteiger charge is -2.51. The van der Waals surface area contributed by atoms with E-state index in [1.165, 1.54) is 13.3 Å². The number of allylic oxidation sites excluding steroid dienone is 1. The largest absolute Gasteiger partial charge is 0.477 e. The van der Waals surface area contributed by atoms with E-state index in [1.807, 2.05) is 12.2 Å². The third-order valence-corrected chi connectivity index (χ3v) is 21.5. The molecular formula is C48H73N8O16S4+. The summed E-state index contributed by atoms with van der Waals surface area (Å²) in [5, 5.41) is 107. The molecule has 1 saturated heterocycles. The molecule has 7 heterocycles. The number of rotatable bonds is 14. The molecule has 17 N–H and O–H groups in total. The number of aliphatic hydroxyl groups is 8. The summed E-state index contributed by atoms with van der Waals surface area (Å²) in [4.78, 5) is 38.7. The summed E-state index contributed by atoms with van der Waals surface area (Å²) >= 11 is 0. The number of aliphatic carboxylic acids is 1. The number of nitrogens with zero attached hydrogens (tertiary/aromatic N) is 2. The predicted molar refractivity (Wildman–Crippen MR) is 284 cm³/mol. The van der Waals surface area contributed by atoms with Gasteiger partial charge in [0.1, 0.15) is 48.9 Å². The molecular weight excluding hydrogens is 1070 g/mol. The van der Waals surface area contributed by atoms with Crippen LogP contribution >= 0.6 is 43.2 Å². The third kappa shape index (κ3) is 12.9. The number of quaternary nitrogens is 1. The van der Waals surface area contributed by atoms with E-state index in [0.29, 0.717) is 60.5 Å². The van der Waals surface area contributed by atoms with Crippen molar-refractivity contribution in [3.05, 3.63) is 59.2 Å². The fraction of sp³-hybridized carbons (Fsp3) is 0.708. The molecule has 1 saturated carbocycles. The van der Waals surface area contributed by atoms with Gasteiger partial charge in [-0.2, -0.15) is 0 Å². The van der Waals surface area contributed by atoms with Gasteiger partial charge in [-0.05, 0) is 57.9 Å². The van der Waals surface area contributed by atoms with Crippen LogP contribution in [0.1, 0.15) is 44.9 Å². The Morgan fingerprint density at radius 2 is 1.92 bits per heavy atom. The number of nitrogens with one attached hydrogen (secondary N) is 4. The highest BCUT2D eigenvalue weighted by molar-refractivity contribution is 8.78. The lowest BCUT2D eigenvalue weighted by atomic mass is 9.66. The van der Waals surface area contributed by atoms with E-state index in [9.17, 15) is 50.8 Å². The van der Waals surface area contributed by atoms with Gasteiger partial charge in [0.15, 0.2) is 24.3 Å². The van der Waals surface area contributed by atoms with Crippen LogP contribution in [0.5, 0.6) is 0 Å². The van der Waals surface area contributed by atoms with E-state index in [-0.39, 0.29) is 96.5 Å². The monoisotopic (exact) mass is 1150 g/mol. The lowest BCUT2D eigenvalue weighted by Crippen LogP contribution is -3.14. The Hall–Kier alpha value is -3.14. The highest BCUT2D eigenvalue weighted by atomic mass is 33.1. The molecule has 0 aromatic heterocycles. The number of aliphatic imine (C=N–C) groups is 2. The summed E-state index contributed by atoms with van der Waals surface area (Å²) in [7, 11) is 7.78. The number of guanidine groups is 2. The van der Waals surface area contributed by atoms with Gasteiger partial charge in [-0.3, -0.25) is 20.2 Å². The quantitative estimate of drug-likeness (QED) is 0.0158. The number of aliphatic hydroxyl groups excluding tert-OH is 6. The Morgan fingerprint density at radius 3 is 2.64 bits per heavy atom. The predicted octanol–water partition coefficient (Wildman–Crippen LogP) is -2.90. The molecule has 24 nitrogen and oxygen atoms in total. The number of esters is 1. The van der Waals surface area contributed by atoms with Crippen molar-refractivity contribution >= 4 is 67.0 Å². The summed E-state index contributed by atoms with van der Waals surface area (Å²) in [6.07, 6.45) is 1.89. The average molecular weight is 1150 g/mol. The second-order valence-corrected chi connectivity index (χ2v) is 25.4. The molecule has 8 aliphatic rings. The van der Waals surface area contributed by atoms with Gasteiger partial charge in [0.05, 0.1) is 54.1 Å². The van der Waals surface area contributed by atoms with Crippen molar-refractivity contribution in [1.29, 1.82) is 0 Å². The lowest BCUT2D eigenvalue weighted by molar-refractivity contribution is -0.870. The SMILES string of the molecule is CNC(CO)OC1C(OC2OC=C3C(=O)OC4CCC(CO)C4CSSC4C5CC6CC(CCC2(C=CCSS5)C3C=CC2=C(NC(N)=NCCCO)C(C(=O)O)=C[NH+](C2)C4CO)N=C(N)N6)OC(CO)C(O)C1(O)O. The fourth-order valence-electron chi connectivity index (χ4n) is 11.5. The summed E-state index contributed by atoms with van der Waals surface area (Å²) < 4.78 is 32.0. The number of carboxylic acids is 1. The molecule has 7 aliphatic heterocycles. The molecule has 8 rings (SSSR count). The molecule has 1 aliphatic carbocycles. The third-order valence-electron chi connectivity index (χ3n) is 15.5. The van der Waals surface area contributed by atoms with E-state index in [2.05, 4.69) is 20.9 Å². The topological polar surface area (TPSA) is 380 Å². The van der Waals surface area contributed by atoms with Gasteiger partial charge >= 0.3 is 11.9 Å². The van der Waals surface area contributed by atoms with Gasteiger partial charge in [-0.15, -0.1) is 0 Å². The van der Waals surface area contributed by atoms with Gasteiger partial charge < -0.3 is 91.7 Å². The number of nitrogens with two attached hydrogens (primary N) is 2. The minimum atomic E-state index is -3.15. The van der Waals surface area contributed by atoms with Crippen LogP contribution in [0.2, 0.25) is 0 Å². The molecule has 28 heteroatoms. The fourth-order valence-corrected chi connectivity index (χ4v) is 18.3. The van der Waals surface area contributed by atoms with E-state index >= 15 is 4.79 Å². The Bertz CT molecular complexity index is 2280. The van der Waals surface area contributed by atoms with Crippen LogP contribution in [0.15, 0.2) is 69.2 Å². The summed E-state index contributed by atoms with van der Waals surface area (Å²) in [5.41, 5.74) is 11.9. The number of ether oxygens (including phenoxy) is 5. The number of hydrogen-bond donors (Lipinski definition) is 15. The van der Waals surface area contributed by atoms with Gasteiger partial charge in [-0.1, -0.05) is 67.5 Å². The summed E-state index contributed by atoms with van der Waals surface area (Å²) in [6, 6.07) is -1.23. The zero-order valence-electron chi connectivity index (χ0n) is 42.0. The summed E-state index contributed by atoms with van der Waals surface area (Å²) in [5.74, 6) is -5.81. The van der Waals surface area contributed by atoms with Crippen molar-refractivity contribution < 1.29 is 84.1 Å². The zero-order valence-corrected chi connectivity index (χ0v) is 45.3. The Morgan fingerprint density at radius 1 is 1.11 bits per heavy atom.